The van der Waals surface area contributed by atoms with Gasteiger partial charge < -0.3 is 4.74 Å². The van der Waals surface area contributed by atoms with Crippen molar-refractivity contribution in [3.05, 3.63) is 32.3 Å². The summed E-state index contributed by atoms with van der Waals surface area (Å²) < 4.78 is 5.31. The molecular weight excluding hydrogens is 264 g/mol. The second kappa shape index (κ2) is 4.75. The maximum absolute atomic E-state index is 10.6. The molecule has 0 amide bonds. The lowest BCUT2D eigenvalue weighted by atomic mass is 10.1. The molecule has 15 heavy (non-hydrogen) atoms. The van der Waals surface area contributed by atoms with E-state index in [1.165, 1.54) is 19.2 Å². The molecule has 0 aliphatic heterocycles. The van der Waals surface area contributed by atoms with E-state index in [1.807, 2.05) is 6.07 Å². The number of nitriles is 1. The van der Waals surface area contributed by atoms with E-state index in [0.29, 0.717) is 15.8 Å². The number of ether oxygens (including phenoxy) is 1. The second-order valence-corrected chi connectivity index (χ2v) is 3.46. The lowest BCUT2D eigenvalue weighted by Gasteiger charge is -2.07. The van der Waals surface area contributed by atoms with Crippen LogP contribution in [0.2, 0.25) is 0 Å². The van der Waals surface area contributed by atoms with Gasteiger partial charge in [0, 0.05) is 11.6 Å². The van der Waals surface area contributed by atoms with Crippen LogP contribution in [-0.4, -0.2) is 12.0 Å². The average molecular weight is 271 g/mol. The first-order chi connectivity index (χ1) is 7.11. The highest BCUT2D eigenvalue weighted by Gasteiger charge is 2.18. The Labute approximate surface area is 94.6 Å². The predicted molar refractivity (Wildman–Crippen MR) is 56.7 cm³/mol. The van der Waals surface area contributed by atoms with Gasteiger partial charge in [0.15, 0.2) is 0 Å². The number of benzene rings is 1. The van der Waals surface area contributed by atoms with Crippen LogP contribution < -0.4 is 4.74 Å². The van der Waals surface area contributed by atoms with Crippen molar-refractivity contribution < 1.29 is 9.66 Å². The Kier molecular flexibility index (Phi) is 3.63. The number of nitro benzene ring substituents is 1. The summed E-state index contributed by atoms with van der Waals surface area (Å²) in [7, 11) is 1.45. The summed E-state index contributed by atoms with van der Waals surface area (Å²) in [5.74, 6) is 0.467. The van der Waals surface area contributed by atoms with Crippen molar-refractivity contribution >= 4 is 21.6 Å². The lowest BCUT2D eigenvalue weighted by Crippen LogP contribution is -1.97. The molecule has 0 N–H and O–H groups in total. The van der Waals surface area contributed by atoms with Gasteiger partial charge >= 0.3 is 0 Å². The third kappa shape index (κ3) is 2.25. The molecule has 0 radical (unpaired) electrons. The molecule has 0 aromatic heterocycles. The van der Waals surface area contributed by atoms with E-state index in [2.05, 4.69) is 15.9 Å². The number of nitrogens with zero attached hydrogens (tertiary/aromatic N) is 2. The Bertz CT molecular complexity index is 440. The molecule has 0 unspecified atom stereocenters. The molecule has 6 heteroatoms. The molecule has 0 saturated heterocycles. The zero-order valence-electron chi connectivity index (χ0n) is 7.86. The van der Waals surface area contributed by atoms with Crippen molar-refractivity contribution in [1.82, 2.24) is 0 Å². The molecule has 0 bridgehead atoms. The zero-order valence-corrected chi connectivity index (χ0v) is 9.44. The van der Waals surface area contributed by atoms with Crippen LogP contribution in [0, 0.1) is 21.4 Å². The minimum absolute atomic E-state index is 0.0609. The number of halogens is 1. The van der Waals surface area contributed by atoms with Gasteiger partial charge in [-0.25, -0.2) is 0 Å². The molecule has 78 valence electrons. The third-order valence-corrected chi connectivity index (χ3v) is 2.74. The number of hydrogen-bond acceptors (Lipinski definition) is 4. The highest BCUT2D eigenvalue weighted by molar-refractivity contribution is 9.10. The number of hydrogen-bond donors (Lipinski definition) is 0. The Balaban J connectivity index is 3.36. The summed E-state index contributed by atoms with van der Waals surface area (Å²) >= 11 is 3.10. The highest BCUT2D eigenvalue weighted by Crippen LogP contribution is 2.34. The van der Waals surface area contributed by atoms with E-state index in [1.54, 1.807) is 0 Å². The molecule has 1 aromatic rings. The fourth-order valence-corrected chi connectivity index (χ4v) is 1.78. The molecule has 0 aliphatic rings. The van der Waals surface area contributed by atoms with E-state index in [9.17, 15) is 10.1 Å². The van der Waals surface area contributed by atoms with Crippen molar-refractivity contribution in [3.63, 3.8) is 0 Å². The molecule has 0 fully saturated rings. The first-order valence-corrected chi connectivity index (χ1v) is 4.77. The van der Waals surface area contributed by atoms with Gasteiger partial charge in [-0.15, -0.1) is 0 Å². The molecule has 0 spiro atoms. The topological polar surface area (TPSA) is 76.2 Å². The summed E-state index contributed by atoms with van der Waals surface area (Å²) in [6.45, 7) is 0. The fourth-order valence-electron chi connectivity index (χ4n) is 1.17. The van der Waals surface area contributed by atoms with E-state index in [4.69, 9.17) is 10.00 Å². The first-order valence-electron chi connectivity index (χ1n) is 3.98. The van der Waals surface area contributed by atoms with Crippen LogP contribution in [0.5, 0.6) is 5.75 Å². The van der Waals surface area contributed by atoms with Crippen molar-refractivity contribution in [2.75, 3.05) is 7.11 Å². The first kappa shape index (κ1) is 11.5. The molecule has 0 atom stereocenters. The Hall–Kier alpha value is -1.61. The lowest BCUT2D eigenvalue weighted by molar-refractivity contribution is -0.385. The van der Waals surface area contributed by atoms with Crippen LogP contribution in [0.15, 0.2) is 16.6 Å². The summed E-state index contributed by atoms with van der Waals surface area (Å²) in [4.78, 5) is 10.1. The molecule has 1 rings (SSSR count). The molecule has 0 heterocycles. The maximum Gasteiger partial charge on any atom is 0.284 e. The van der Waals surface area contributed by atoms with E-state index in [0.717, 1.165) is 0 Å². The van der Waals surface area contributed by atoms with Crippen LogP contribution in [0.1, 0.15) is 5.56 Å². The smallest absolute Gasteiger partial charge is 0.284 e. The highest BCUT2D eigenvalue weighted by atomic mass is 79.9. The minimum Gasteiger partial charge on any atom is -0.496 e. The Morgan fingerprint density at radius 3 is 2.80 bits per heavy atom. The Morgan fingerprint density at radius 2 is 2.33 bits per heavy atom. The SMILES string of the molecule is COc1ccc([N+](=O)[O-])c(Br)c1CC#N. The van der Waals surface area contributed by atoms with Gasteiger partial charge in [0.05, 0.1) is 24.5 Å². The van der Waals surface area contributed by atoms with Gasteiger partial charge in [-0.05, 0) is 22.0 Å². The Morgan fingerprint density at radius 1 is 1.67 bits per heavy atom. The molecular formula is C9H7BrN2O3. The normalized spacial score (nSPS) is 9.40. The third-order valence-electron chi connectivity index (χ3n) is 1.85. The number of nitro groups is 1. The van der Waals surface area contributed by atoms with Gasteiger partial charge in [-0.2, -0.15) is 5.26 Å². The monoisotopic (exact) mass is 270 g/mol. The summed E-state index contributed by atoms with van der Waals surface area (Å²) in [6.07, 6.45) is 0.0609. The van der Waals surface area contributed by atoms with Gasteiger partial charge in [0.2, 0.25) is 0 Å². The van der Waals surface area contributed by atoms with Gasteiger partial charge in [-0.3, -0.25) is 10.1 Å². The van der Waals surface area contributed by atoms with Crippen molar-refractivity contribution in [2.45, 2.75) is 6.42 Å². The van der Waals surface area contributed by atoms with Crippen LogP contribution in [-0.2, 0) is 6.42 Å². The molecule has 5 nitrogen and oxygen atoms in total. The number of rotatable bonds is 3. The largest absolute Gasteiger partial charge is 0.496 e. The van der Waals surface area contributed by atoms with Crippen molar-refractivity contribution in [1.29, 1.82) is 5.26 Å². The number of methoxy groups -OCH3 is 1. The molecule has 0 saturated carbocycles. The second-order valence-electron chi connectivity index (χ2n) is 2.67. The summed E-state index contributed by atoms with van der Waals surface area (Å²) in [5, 5.41) is 19.2. The van der Waals surface area contributed by atoms with Crippen LogP contribution in [0.3, 0.4) is 0 Å². The van der Waals surface area contributed by atoms with E-state index < -0.39 is 4.92 Å². The standard InChI is InChI=1S/C9H7BrN2O3/c1-15-8-3-2-7(12(13)14)9(10)6(8)4-5-11/h2-3H,4H2,1H3. The van der Waals surface area contributed by atoms with Gasteiger partial charge in [0.25, 0.3) is 5.69 Å². The quantitative estimate of drug-likeness (QED) is 0.624. The van der Waals surface area contributed by atoms with Crippen molar-refractivity contribution in [2.24, 2.45) is 0 Å². The average Bonchev–Trinajstić information content (AvgIpc) is 2.20. The van der Waals surface area contributed by atoms with Crippen LogP contribution in [0.4, 0.5) is 5.69 Å². The van der Waals surface area contributed by atoms with Crippen molar-refractivity contribution in [3.8, 4) is 11.8 Å². The maximum atomic E-state index is 10.6. The summed E-state index contributed by atoms with van der Waals surface area (Å²) in [6, 6.07) is 4.75. The van der Waals surface area contributed by atoms with E-state index >= 15 is 0 Å². The van der Waals surface area contributed by atoms with E-state index in [-0.39, 0.29) is 12.1 Å². The minimum atomic E-state index is -0.510. The molecule has 0 aliphatic carbocycles. The van der Waals surface area contributed by atoms with Gasteiger partial charge in [0.1, 0.15) is 10.2 Å². The van der Waals surface area contributed by atoms with Crippen LogP contribution in [0.25, 0.3) is 0 Å². The zero-order chi connectivity index (χ0) is 11.4. The molecule has 1 aromatic carbocycles. The fraction of sp³-hybridized carbons (Fsp3) is 0.222. The summed E-state index contributed by atoms with van der Waals surface area (Å²) in [5.41, 5.74) is 0.426. The van der Waals surface area contributed by atoms with Gasteiger partial charge in [-0.1, -0.05) is 0 Å². The van der Waals surface area contributed by atoms with Crippen LogP contribution >= 0.6 is 15.9 Å². The predicted octanol–water partition coefficient (Wildman–Crippen LogP) is 2.43.